The third-order valence-electron chi connectivity index (χ3n) is 3.78. The standard InChI is InChI=1S/C18H28N2O3S/c1-6-8-16(4)20(14-18(21)19(5)13-7-2)24(22,23)17-11-9-15(3)10-12-17/h6,8-12,18,21H,1,7,13-14H2,2-5H3/b16-8+. The molecule has 0 aliphatic rings. The van der Waals surface area contributed by atoms with Gasteiger partial charge in [0.2, 0.25) is 0 Å². The summed E-state index contributed by atoms with van der Waals surface area (Å²) < 4.78 is 27.2. The van der Waals surface area contributed by atoms with E-state index in [-0.39, 0.29) is 11.4 Å². The minimum Gasteiger partial charge on any atom is -0.376 e. The molecule has 0 saturated heterocycles. The molecule has 24 heavy (non-hydrogen) atoms. The summed E-state index contributed by atoms with van der Waals surface area (Å²) in [5.41, 5.74) is 1.50. The first-order valence-corrected chi connectivity index (χ1v) is 9.45. The molecule has 0 bridgehead atoms. The number of rotatable bonds is 9. The summed E-state index contributed by atoms with van der Waals surface area (Å²) in [7, 11) is -1.98. The van der Waals surface area contributed by atoms with Crippen LogP contribution in [0.3, 0.4) is 0 Å². The van der Waals surface area contributed by atoms with Crippen molar-refractivity contribution in [3.8, 4) is 0 Å². The van der Waals surface area contributed by atoms with Crippen molar-refractivity contribution in [2.45, 2.75) is 38.3 Å². The van der Waals surface area contributed by atoms with Crippen LogP contribution in [0.15, 0.2) is 53.6 Å². The molecule has 0 spiro atoms. The van der Waals surface area contributed by atoms with E-state index >= 15 is 0 Å². The summed E-state index contributed by atoms with van der Waals surface area (Å²) in [5.74, 6) is 0. The molecule has 0 saturated carbocycles. The van der Waals surface area contributed by atoms with Crippen LogP contribution in [-0.4, -0.2) is 49.1 Å². The number of aryl methyl sites for hydroxylation is 1. The molecule has 1 aromatic rings. The SMILES string of the molecule is C=C/C=C(\C)N(CC(O)N(C)CCC)S(=O)(=O)c1ccc(C)cc1. The Morgan fingerprint density at radius 1 is 1.33 bits per heavy atom. The Balaban J connectivity index is 3.20. The molecule has 1 rings (SSSR count). The maximum Gasteiger partial charge on any atom is 0.264 e. The third-order valence-corrected chi connectivity index (χ3v) is 5.66. The van der Waals surface area contributed by atoms with Crippen molar-refractivity contribution in [1.29, 1.82) is 0 Å². The molecule has 0 fully saturated rings. The van der Waals surface area contributed by atoms with Crippen molar-refractivity contribution in [3.05, 3.63) is 54.3 Å². The number of sulfonamides is 1. The number of benzene rings is 1. The highest BCUT2D eigenvalue weighted by Crippen LogP contribution is 2.21. The second-order valence-corrected chi connectivity index (χ2v) is 7.72. The van der Waals surface area contributed by atoms with Gasteiger partial charge in [0.1, 0.15) is 6.23 Å². The fraction of sp³-hybridized carbons (Fsp3) is 0.444. The second kappa shape index (κ2) is 9.01. The molecular formula is C18H28N2O3S. The van der Waals surface area contributed by atoms with Crippen molar-refractivity contribution in [3.63, 3.8) is 0 Å². The van der Waals surface area contributed by atoms with E-state index in [4.69, 9.17) is 0 Å². The number of hydrogen-bond donors (Lipinski definition) is 1. The van der Waals surface area contributed by atoms with Crippen LogP contribution in [0.2, 0.25) is 0 Å². The van der Waals surface area contributed by atoms with E-state index in [1.165, 1.54) is 10.4 Å². The molecule has 0 radical (unpaired) electrons. The van der Waals surface area contributed by atoms with Crippen molar-refractivity contribution >= 4 is 10.0 Å². The number of aliphatic hydroxyl groups excluding tert-OH is 1. The first kappa shape index (κ1) is 20.4. The third kappa shape index (κ3) is 5.19. The largest absolute Gasteiger partial charge is 0.376 e. The van der Waals surface area contributed by atoms with E-state index in [0.717, 1.165) is 12.0 Å². The van der Waals surface area contributed by atoms with E-state index in [9.17, 15) is 13.5 Å². The van der Waals surface area contributed by atoms with Crippen LogP contribution in [0.25, 0.3) is 0 Å². The zero-order valence-corrected chi connectivity index (χ0v) is 15.8. The summed E-state index contributed by atoms with van der Waals surface area (Å²) in [5, 5.41) is 10.4. The first-order valence-electron chi connectivity index (χ1n) is 8.01. The molecule has 1 aromatic carbocycles. The topological polar surface area (TPSA) is 60.9 Å². The minimum absolute atomic E-state index is 0.0388. The molecule has 0 amide bonds. The lowest BCUT2D eigenvalue weighted by molar-refractivity contribution is 0.0132. The van der Waals surface area contributed by atoms with Gasteiger partial charge < -0.3 is 5.11 Å². The molecule has 1 atom stereocenters. The van der Waals surface area contributed by atoms with Crippen LogP contribution in [0.5, 0.6) is 0 Å². The highest BCUT2D eigenvalue weighted by Gasteiger charge is 2.27. The lowest BCUT2D eigenvalue weighted by Gasteiger charge is -2.31. The van der Waals surface area contributed by atoms with Gasteiger partial charge in [-0.1, -0.05) is 37.3 Å². The van der Waals surface area contributed by atoms with E-state index in [1.807, 2.05) is 13.8 Å². The summed E-state index contributed by atoms with van der Waals surface area (Å²) in [6.45, 7) is 9.87. The summed E-state index contributed by atoms with van der Waals surface area (Å²) in [4.78, 5) is 1.94. The molecule has 0 heterocycles. The minimum atomic E-state index is -3.75. The Morgan fingerprint density at radius 3 is 2.42 bits per heavy atom. The lowest BCUT2D eigenvalue weighted by atomic mass is 10.2. The van der Waals surface area contributed by atoms with Gasteiger partial charge in [-0.3, -0.25) is 9.21 Å². The summed E-state index contributed by atoms with van der Waals surface area (Å²) in [6, 6.07) is 6.69. The smallest absolute Gasteiger partial charge is 0.264 e. The Hall–Kier alpha value is -1.63. The molecular weight excluding hydrogens is 324 g/mol. The average Bonchev–Trinajstić information content (AvgIpc) is 2.52. The van der Waals surface area contributed by atoms with Crippen LogP contribution < -0.4 is 0 Å². The lowest BCUT2D eigenvalue weighted by Crippen LogP contribution is -2.44. The molecule has 0 aromatic heterocycles. The van der Waals surface area contributed by atoms with E-state index in [1.54, 1.807) is 49.2 Å². The van der Waals surface area contributed by atoms with Crippen LogP contribution in [0, 0.1) is 6.92 Å². The van der Waals surface area contributed by atoms with Gasteiger partial charge in [0.05, 0.1) is 11.4 Å². The van der Waals surface area contributed by atoms with Gasteiger partial charge in [0, 0.05) is 12.2 Å². The highest BCUT2D eigenvalue weighted by molar-refractivity contribution is 7.89. The predicted molar refractivity (Wildman–Crippen MR) is 98.0 cm³/mol. The van der Waals surface area contributed by atoms with Gasteiger partial charge >= 0.3 is 0 Å². The Kier molecular flexibility index (Phi) is 7.66. The number of nitrogens with zero attached hydrogens (tertiary/aromatic N) is 2. The second-order valence-electron chi connectivity index (χ2n) is 5.85. The Morgan fingerprint density at radius 2 is 1.92 bits per heavy atom. The Bertz CT molecular complexity index is 666. The quantitative estimate of drug-likeness (QED) is 0.548. The van der Waals surface area contributed by atoms with Gasteiger partial charge in [-0.15, -0.1) is 0 Å². The molecule has 1 N–H and O–H groups in total. The highest BCUT2D eigenvalue weighted by atomic mass is 32.2. The van der Waals surface area contributed by atoms with Crippen molar-refractivity contribution in [2.24, 2.45) is 0 Å². The molecule has 1 unspecified atom stereocenters. The van der Waals surface area contributed by atoms with Crippen molar-refractivity contribution in [1.82, 2.24) is 9.21 Å². The van der Waals surface area contributed by atoms with E-state index < -0.39 is 16.3 Å². The van der Waals surface area contributed by atoms with E-state index in [0.29, 0.717) is 12.2 Å². The molecule has 0 aliphatic heterocycles. The van der Waals surface area contributed by atoms with Gasteiger partial charge in [0.25, 0.3) is 10.0 Å². The Labute approximate surface area is 146 Å². The zero-order chi connectivity index (χ0) is 18.3. The zero-order valence-electron chi connectivity index (χ0n) is 14.9. The number of likely N-dealkylation sites (N-methyl/N-ethyl adjacent to an activating group) is 1. The molecule has 0 aliphatic carbocycles. The van der Waals surface area contributed by atoms with Gasteiger partial charge in [0.15, 0.2) is 0 Å². The fourth-order valence-electron chi connectivity index (χ4n) is 2.31. The van der Waals surface area contributed by atoms with Crippen LogP contribution >= 0.6 is 0 Å². The molecule has 6 heteroatoms. The van der Waals surface area contributed by atoms with Crippen LogP contribution in [0.1, 0.15) is 25.8 Å². The molecule has 5 nitrogen and oxygen atoms in total. The van der Waals surface area contributed by atoms with Crippen molar-refractivity contribution in [2.75, 3.05) is 20.1 Å². The average molecular weight is 353 g/mol. The predicted octanol–water partition coefficient (Wildman–Crippen LogP) is 2.74. The number of hydrogen-bond acceptors (Lipinski definition) is 4. The van der Waals surface area contributed by atoms with Gasteiger partial charge in [-0.25, -0.2) is 8.42 Å². The monoisotopic (exact) mass is 352 g/mol. The van der Waals surface area contributed by atoms with Crippen molar-refractivity contribution < 1.29 is 13.5 Å². The summed E-state index contributed by atoms with van der Waals surface area (Å²) in [6.07, 6.45) is 3.14. The molecule has 134 valence electrons. The number of aliphatic hydroxyl groups is 1. The summed E-state index contributed by atoms with van der Waals surface area (Å²) >= 11 is 0. The maximum atomic E-state index is 13.0. The fourth-order valence-corrected chi connectivity index (χ4v) is 3.82. The van der Waals surface area contributed by atoms with Crippen LogP contribution in [0.4, 0.5) is 0 Å². The number of allylic oxidation sites excluding steroid dienone is 3. The van der Waals surface area contributed by atoms with Gasteiger partial charge in [-0.05, 0) is 45.5 Å². The normalized spacial score (nSPS) is 13.8. The first-order chi connectivity index (χ1) is 11.2. The van der Waals surface area contributed by atoms with E-state index in [2.05, 4.69) is 6.58 Å². The van der Waals surface area contributed by atoms with Gasteiger partial charge in [-0.2, -0.15) is 0 Å². The van der Waals surface area contributed by atoms with Crippen LogP contribution in [-0.2, 0) is 10.0 Å². The maximum absolute atomic E-state index is 13.0.